The van der Waals surface area contributed by atoms with Gasteiger partial charge in [-0.1, -0.05) is 13.0 Å². The number of rotatable bonds is 3. The van der Waals surface area contributed by atoms with Crippen LogP contribution in [0.15, 0.2) is 30.3 Å². The molecule has 0 radical (unpaired) electrons. The lowest BCUT2D eigenvalue weighted by molar-refractivity contribution is 0.0702. The molecule has 20 heavy (non-hydrogen) atoms. The lowest BCUT2D eigenvalue weighted by atomic mass is 10.2. The van der Waals surface area contributed by atoms with E-state index in [2.05, 4.69) is 5.10 Å². The van der Waals surface area contributed by atoms with Crippen LogP contribution >= 0.6 is 11.3 Å². The zero-order valence-corrected chi connectivity index (χ0v) is 11.4. The van der Waals surface area contributed by atoms with Crippen LogP contribution in [-0.4, -0.2) is 20.9 Å². The van der Waals surface area contributed by atoms with E-state index in [4.69, 9.17) is 5.11 Å². The summed E-state index contributed by atoms with van der Waals surface area (Å²) in [5, 5.41) is 14.4. The smallest absolute Gasteiger partial charge is 0.345 e. The molecule has 0 aliphatic carbocycles. The van der Waals surface area contributed by atoms with Crippen LogP contribution < -0.4 is 0 Å². The predicted molar refractivity (Wildman–Crippen MR) is 75.2 cm³/mol. The van der Waals surface area contributed by atoms with Crippen molar-refractivity contribution in [2.24, 2.45) is 0 Å². The average Bonchev–Trinajstić information content (AvgIpc) is 2.96. The van der Waals surface area contributed by atoms with E-state index in [9.17, 15) is 9.18 Å². The summed E-state index contributed by atoms with van der Waals surface area (Å²) in [6.07, 6.45) is 0.689. The molecule has 2 aromatic heterocycles. The molecule has 4 nitrogen and oxygen atoms in total. The summed E-state index contributed by atoms with van der Waals surface area (Å²) in [4.78, 5) is 12.1. The molecule has 1 N–H and O–H groups in total. The summed E-state index contributed by atoms with van der Waals surface area (Å²) >= 11 is 1.15. The fourth-order valence-corrected chi connectivity index (χ4v) is 3.11. The van der Waals surface area contributed by atoms with Gasteiger partial charge in [0.25, 0.3) is 0 Å². The number of carbonyl (C=O) groups is 1. The van der Waals surface area contributed by atoms with Crippen molar-refractivity contribution in [3.63, 3.8) is 0 Å². The van der Waals surface area contributed by atoms with Crippen molar-refractivity contribution in [2.45, 2.75) is 13.3 Å². The summed E-state index contributed by atoms with van der Waals surface area (Å²) in [5.74, 6) is -1.31. The number of thiophene rings is 1. The first-order valence-corrected chi connectivity index (χ1v) is 6.92. The molecule has 0 fully saturated rings. The summed E-state index contributed by atoms with van der Waals surface area (Å²) in [6, 6.07) is 7.72. The second-order valence-electron chi connectivity index (χ2n) is 4.33. The van der Waals surface area contributed by atoms with Crippen LogP contribution in [-0.2, 0) is 6.42 Å². The Morgan fingerprint density at radius 1 is 1.45 bits per heavy atom. The number of aromatic nitrogens is 2. The first-order valence-electron chi connectivity index (χ1n) is 6.11. The number of carboxylic acid groups (broad SMARTS) is 1. The number of hydrogen-bond donors (Lipinski definition) is 1. The van der Waals surface area contributed by atoms with E-state index in [0.717, 1.165) is 27.2 Å². The third-order valence-corrected chi connectivity index (χ3v) is 4.13. The van der Waals surface area contributed by atoms with Crippen LogP contribution in [0.1, 0.15) is 22.3 Å². The molecule has 6 heteroatoms. The Bertz CT molecular complexity index is 807. The summed E-state index contributed by atoms with van der Waals surface area (Å²) in [6.45, 7) is 1.95. The van der Waals surface area contributed by atoms with Crippen LogP contribution in [0, 0.1) is 5.82 Å². The molecule has 3 rings (SSSR count). The van der Waals surface area contributed by atoms with Gasteiger partial charge >= 0.3 is 5.97 Å². The molecule has 2 heterocycles. The first kappa shape index (κ1) is 12.8. The van der Waals surface area contributed by atoms with Crippen molar-refractivity contribution in [2.75, 3.05) is 0 Å². The lowest BCUT2D eigenvalue weighted by Gasteiger charge is -2.01. The minimum absolute atomic E-state index is 0.261. The Labute approximate surface area is 118 Å². The second-order valence-corrected chi connectivity index (χ2v) is 5.36. The van der Waals surface area contributed by atoms with Gasteiger partial charge in [-0.15, -0.1) is 11.3 Å². The number of fused-ring (bicyclic) bond motifs is 1. The molecule has 102 valence electrons. The van der Waals surface area contributed by atoms with Crippen molar-refractivity contribution in [1.29, 1.82) is 0 Å². The number of carboxylic acids is 1. The maximum Gasteiger partial charge on any atom is 0.345 e. The number of nitrogens with zero attached hydrogens (tertiary/aromatic N) is 2. The molecule has 0 bridgehead atoms. The molecule has 0 aliphatic rings. The van der Waals surface area contributed by atoms with Crippen LogP contribution in [0.4, 0.5) is 4.39 Å². The van der Waals surface area contributed by atoms with E-state index in [0.29, 0.717) is 12.1 Å². The maximum atomic E-state index is 13.3. The normalized spacial score (nSPS) is 11.1. The van der Waals surface area contributed by atoms with Crippen molar-refractivity contribution in [3.8, 4) is 5.69 Å². The van der Waals surface area contributed by atoms with Gasteiger partial charge in [-0.05, 0) is 30.7 Å². The van der Waals surface area contributed by atoms with Crippen molar-refractivity contribution in [3.05, 3.63) is 46.7 Å². The van der Waals surface area contributed by atoms with Crippen LogP contribution in [0.25, 0.3) is 15.9 Å². The second kappa shape index (κ2) is 4.72. The maximum absolute atomic E-state index is 13.3. The van der Waals surface area contributed by atoms with E-state index in [1.54, 1.807) is 22.9 Å². The molecule has 0 spiro atoms. The zero-order chi connectivity index (χ0) is 14.3. The molecule has 0 saturated heterocycles. The number of benzene rings is 1. The topological polar surface area (TPSA) is 55.1 Å². The van der Waals surface area contributed by atoms with E-state index >= 15 is 0 Å². The van der Waals surface area contributed by atoms with Gasteiger partial charge in [0.15, 0.2) is 0 Å². The molecule has 0 amide bonds. The van der Waals surface area contributed by atoms with Crippen molar-refractivity contribution < 1.29 is 14.3 Å². The number of hydrogen-bond acceptors (Lipinski definition) is 3. The molecular formula is C14H11FN2O2S. The fraction of sp³-hybridized carbons (Fsp3) is 0.143. The molecular weight excluding hydrogens is 279 g/mol. The largest absolute Gasteiger partial charge is 0.477 e. The van der Waals surface area contributed by atoms with Crippen LogP contribution in [0.2, 0.25) is 0 Å². The lowest BCUT2D eigenvalue weighted by Crippen LogP contribution is -1.97. The quantitative estimate of drug-likeness (QED) is 0.803. The summed E-state index contributed by atoms with van der Waals surface area (Å²) in [7, 11) is 0. The molecule has 0 atom stereocenters. The van der Waals surface area contributed by atoms with Gasteiger partial charge in [0, 0.05) is 5.39 Å². The Morgan fingerprint density at radius 2 is 2.25 bits per heavy atom. The number of aryl methyl sites for hydroxylation is 1. The molecule has 0 saturated carbocycles. The zero-order valence-electron chi connectivity index (χ0n) is 10.6. The van der Waals surface area contributed by atoms with E-state index < -0.39 is 5.97 Å². The van der Waals surface area contributed by atoms with E-state index in [-0.39, 0.29) is 10.7 Å². The monoisotopic (exact) mass is 290 g/mol. The number of halogens is 1. The Morgan fingerprint density at radius 3 is 2.90 bits per heavy atom. The van der Waals surface area contributed by atoms with Crippen LogP contribution in [0.5, 0.6) is 0 Å². The number of aromatic carboxylic acids is 1. The highest BCUT2D eigenvalue weighted by molar-refractivity contribution is 7.20. The van der Waals surface area contributed by atoms with Gasteiger partial charge in [-0.2, -0.15) is 5.10 Å². The van der Waals surface area contributed by atoms with Gasteiger partial charge < -0.3 is 5.11 Å². The SMILES string of the molecule is CCc1nn(-c2cccc(F)c2)c2sc(C(=O)O)cc12. The minimum Gasteiger partial charge on any atom is -0.477 e. The molecule has 0 aliphatic heterocycles. The highest BCUT2D eigenvalue weighted by Crippen LogP contribution is 2.31. The van der Waals surface area contributed by atoms with Crippen LogP contribution in [0.3, 0.4) is 0 Å². The Hall–Kier alpha value is -2.21. The van der Waals surface area contributed by atoms with E-state index in [1.807, 2.05) is 6.92 Å². The third-order valence-electron chi connectivity index (χ3n) is 3.03. The third kappa shape index (κ3) is 1.98. The summed E-state index contributed by atoms with van der Waals surface area (Å²) < 4.78 is 14.9. The van der Waals surface area contributed by atoms with Gasteiger partial charge in [-0.3, -0.25) is 0 Å². The Balaban J connectivity index is 2.27. The van der Waals surface area contributed by atoms with E-state index in [1.165, 1.54) is 12.1 Å². The highest BCUT2D eigenvalue weighted by atomic mass is 32.1. The van der Waals surface area contributed by atoms with Crippen molar-refractivity contribution in [1.82, 2.24) is 9.78 Å². The highest BCUT2D eigenvalue weighted by Gasteiger charge is 2.17. The predicted octanol–water partition coefficient (Wildman–Crippen LogP) is 3.49. The van der Waals surface area contributed by atoms with Crippen molar-refractivity contribution >= 4 is 27.5 Å². The Kier molecular flexibility index (Phi) is 3.02. The standard InChI is InChI=1S/C14H11FN2O2S/c1-2-11-10-7-12(14(18)19)20-13(10)17(16-11)9-5-3-4-8(15)6-9/h3-7H,2H2,1H3,(H,18,19). The average molecular weight is 290 g/mol. The van der Waals surface area contributed by atoms with Gasteiger partial charge in [0.1, 0.15) is 15.5 Å². The first-order chi connectivity index (χ1) is 9.60. The van der Waals surface area contributed by atoms with Gasteiger partial charge in [-0.25, -0.2) is 13.9 Å². The molecule has 0 unspecified atom stereocenters. The minimum atomic E-state index is -0.959. The van der Waals surface area contributed by atoms with Gasteiger partial charge in [0.05, 0.1) is 11.4 Å². The molecule has 1 aromatic carbocycles. The van der Waals surface area contributed by atoms with Gasteiger partial charge in [0.2, 0.25) is 0 Å². The molecule has 3 aromatic rings. The summed E-state index contributed by atoms with van der Waals surface area (Å²) in [5.41, 5.74) is 1.40. The fourth-order valence-electron chi connectivity index (χ4n) is 2.11.